The number of hydrogen-bond acceptors (Lipinski definition) is 4. The molecular formula is C21H22N6O. The van der Waals surface area contributed by atoms with Crippen LogP contribution in [0.1, 0.15) is 29.0 Å². The third kappa shape index (κ3) is 3.02. The molecule has 0 saturated carbocycles. The maximum Gasteiger partial charge on any atom is 0.255 e. The lowest BCUT2D eigenvalue weighted by Gasteiger charge is -2.32. The van der Waals surface area contributed by atoms with Crippen LogP contribution >= 0.6 is 0 Å². The Kier molecular flexibility index (Phi) is 4.07. The van der Waals surface area contributed by atoms with Gasteiger partial charge in [-0.2, -0.15) is 5.10 Å². The van der Waals surface area contributed by atoms with Crippen LogP contribution in [-0.2, 0) is 13.5 Å². The summed E-state index contributed by atoms with van der Waals surface area (Å²) in [5.41, 5.74) is 4.37. The summed E-state index contributed by atoms with van der Waals surface area (Å²) < 4.78 is 1.75. The Hall–Kier alpha value is -3.22. The van der Waals surface area contributed by atoms with Crippen LogP contribution < -0.4 is 0 Å². The van der Waals surface area contributed by atoms with Crippen molar-refractivity contribution < 1.29 is 4.79 Å². The average Bonchev–Trinajstić information content (AvgIpc) is 3.30. The van der Waals surface area contributed by atoms with E-state index in [2.05, 4.69) is 15.1 Å². The fourth-order valence-electron chi connectivity index (χ4n) is 4.12. The van der Waals surface area contributed by atoms with Crippen LogP contribution in [0.15, 0.2) is 42.7 Å². The van der Waals surface area contributed by atoms with Gasteiger partial charge in [0.25, 0.3) is 5.91 Å². The number of nitrogens with one attached hydrogen (secondary N) is 1. The van der Waals surface area contributed by atoms with Crippen molar-refractivity contribution in [2.45, 2.75) is 19.3 Å². The Bertz CT molecular complexity index is 1130. The summed E-state index contributed by atoms with van der Waals surface area (Å²) in [6.45, 7) is 1.54. The van der Waals surface area contributed by atoms with E-state index in [1.165, 1.54) is 0 Å². The van der Waals surface area contributed by atoms with Gasteiger partial charge in [-0.15, -0.1) is 0 Å². The topological polar surface area (TPSA) is 79.7 Å². The summed E-state index contributed by atoms with van der Waals surface area (Å²) in [5, 5.41) is 4.20. The van der Waals surface area contributed by atoms with Crippen molar-refractivity contribution >= 4 is 28.0 Å². The standard InChI is InChI=1S/C21H22N6O/c1-26-19-10-15(11-22-18(19)12-23-26)21(28)27-8-4-5-14(13-27)9-20-24-16-6-2-3-7-17(16)25-20/h2-3,6-7,10-12,14H,4-5,8-9,13H2,1H3,(H,24,25). The minimum atomic E-state index is 0.0462. The second-order valence-electron chi connectivity index (χ2n) is 7.56. The second kappa shape index (κ2) is 6.74. The molecule has 142 valence electrons. The van der Waals surface area contributed by atoms with Crippen LogP contribution in [0.5, 0.6) is 0 Å². The first-order chi connectivity index (χ1) is 13.7. The first-order valence-electron chi connectivity index (χ1n) is 9.68. The predicted octanol–water partition coefficient (Wildman–Crippen LogP) is 2.94. The van der Waals surface area contributed by atoms with E-state index in [1.54, 1.807) is 17.1 Å². The maximum atomic E-state index is 13.0. The van der Waals surface area contributed by atoms with Crippen LogP contribution in [0.2, 0.25) is 0 Å². The molecule has 4 aromatic rings. The van der Waals surface area contributed by atoms with Crippen molar-refractivity contribution in [1.29, 1.82) is 0 Å². The van der Waals surface area contributed by atoms with Crippen molar-refractivity contribution in [1.82, 2.24) is 29.6 Å². The average molecular weight is 374 g/mol. The van der Waals surface area contributed by atoms with Gasteiger partial charge in [-0.1, -0.05) is 12.1 Å². The number of aromatic amines is 1. The molecular weight excluding hydrogens is 352 g/mol. The first-order valence-corrected chi connectivity index (χ1v) is 9.68. The molecule has 1 fully saturated rings. The smallest absolute Gasteiger partial charge is 0.255 e. The zero-order valence-electron chi connectivity index (χ0n) is 15.8. The Morgan fingerprint density at radius 3 is 3.04 bits per heavy atom. The van der Waals surface area contributed by atoms with Gasteiger partial charge < -0.3 is 9.88 Å². The van der Waals surface area contributed by atoms with Crippen LogP contribution in [0, 0.1) is 5.92 Å². The molecule has 0 spiro atoms. The van der Waals surface area contributed by atoms with Crippen molar-refractivity contribution in [2.75, 3.05) is 13.1 Å². The lowest BCUT2D eigenvalue weighted by atomic mass is 9.94. The van der Waals surface area contributed by atoms with E-state index in [1.807, 2.05) is 42.3 Å². The predicted molar refractivity (Wildman–Crippen MR) is 107 cm³/mol. The number of carbonyl (C=O) groups excluding carboxylic acids is 1. The molecule has 1 aliphatic rings. The molecule has 1 unspecified atom stereocenters. The number of pyridine rings is 1. The number of imidazole rings is 1. The fraction of sp³-hybridized carbons (Fsp3) is 0.333. The number of para-hydroxylation sites is 2. The summed E-state index contributed by atoms with van der Waals surface area (Å²) in [5.74, 6) is 1.45. The molecule has 1 N–H and O–H groups in total. The molecule has 1 aromatic carbocycles. The van der Waals surface area contributed by atoms with Gasteiger partial charge in [0.15, 0.2) is 0 Å². The van der Waals surface area contributed by atoms with E-state index in [-0.39, 0.29) is 5.91 Å². The highest BCUT2D eigenvalue weighted by atomic mass is 16.2. The highest BCUT2D eigenvalue weighted by Crippen LogP contribution is 2.23. The summed E-state index contributed by atoms with van der Waals surface area (Å²) in [6.07, 6.45) is 6.36. The third-order valence-electron chi connectivity index (χ3n) is 5.57. The van der Waals surface area contributed by atoms with Gasteiger partial charge in [0.05, 0.1) is 28.3 Å². The number of likely N-dealkylation sites (tertiary alicyclic amines) is 1. The lowest BCUT2D eigenvalue weighted by Crippen LogP contribution is -2.40. The van der Waals surface area contributed by atoms with Crippen molar-refractivity contribution in [2.24, 2.45) is 13.0 Å². The van der Waals surface area contributed by atoms with Crippen molar-refractivity contribution in [3.05, 3.63) is 54.1 Å². The number of rotatable bonds is 3. The molecule has 1 aliphatic heterocycles. The van der Waals surface area contributed by atoms with Crippen LogP contribution in [0.3, 0.4) is 0 Å². The molecule has 0 radical (unpaired) electrons. The Labute approximate surface area is 162 Å². The molecule has 1 atom stereocenters. The highest BCUT2D eigenvalue weighted by molar-refractivity contribution is 5.96. The first kappa shape index (κ1) is 16.9. The number of carbonyl (C=O) groups is 1. The fourth-order valence-corrected chi connectivity index (χ4v) is 4.12. The van der Waals surface area contributed by atoms with Gasteiger partial charge in [0, 0.05) is 32.8 Å². The van der Waals surface area contributed by atoms with E-state index in [0.717, 1.165) is 60.2 Å². The molecule has 7 nitrogen and oxygen atoms in total. The highest BCUT2D eigenvalue weighted by Gasteiger charge is 2.26. The summed E-state index contributed by atoms with van der Waals surface area (Å²) >= 11 is 0. The molecule has 0 bridgehead atoms. The third-order valence-corrected chi connectivity index (χ3v) is 5.57. The SMILES string of the molecule is Cn1ncc2ncc(C(=O)N3CCCC(Cc4nc5ccccc5[nH]4)C3)cc21. The molecule has 1 amide bonds. The largest absolute Gasteiger partial charge is 0.342 e. The zero-order valence-corrected chi connectivity index (χ0v) is 15.8. The van der Waals surface area contributed by atoms with Crippen LogP contribution in [0.25, 0.3) is 22.1 Å². The monoisotopic (exact) mass is 374 g/mol. The number of fused-ring (bicyclic) bond motifs is 2. The molecule has 7 heteroatoms. The minimum Gasteiger partial charge on any atom is -0.342 e. The van der Waals surface area contributed by atoms with Crippen LogP contribution in [0.4, 0.5) is 0 Å². The number of benzene rings is 1. The molecule has 5 rings (SSSR count). The molecule has 28 heavy (non-hydrogen) atoms. The summed E-state index contributed by atoms with van der Waals surface area (Å²) in [4.78, 5) is 27.5. The quantitative estimate of drug-likeness (QED) is 0.598. The van der Waals surface area contributed by atoms with Crippen molar-refractivity contribution in [3.8, 4) is 0 Å². The molecule has 3 aromatic heterocycles. The maximum absolute atomic E-state index is 13.0. The molecule has 0 aliphatic carbocycles. The van der Waals surface area contributed by atoms with Gasteiger partial charge in [0.1, 0.15) is 11.3 Å². The number of H-pyrrole nitrogens is 1. The summed E-state index contributed by atoms with van der Waals surface area (Å²) in [6, 6.07) is 9.97. The Balaban J connectivity index is 1.32. The summed E-state index contributed by atoms with van der Waals surface area (Å²) in [7, 11) is 1.86. The van der Waals surface area contributed by atoms with Crippen molar-refractivity contribution in [3.63, 3.8) is 0 Å². The normalized spacial score (nSPS) is 17.5. The van der Waals surface area contributed by atoms with Crippen LogP contribution in [-0.4, -0.2) is 48.6 Å². The van der Waals surface area contributed by atoms with Gasteiger partial charge in [-0.3, -0.25) is 14.5 Å². The molecule has 4 heterocycles. The van der Waals surface area contributed by atoms with E-state index >= 15 is 0 Å². The van der Waals surface area contributed by atoms with Gasteiger partial charge in [-0.05, 0) is 37.0 Å². The number of aryl methyl sites for hydroxylation is 1. The van der Waals surface area contributed by atoms with E-state index < -0.39 is 0 Å². The number of amides is 1. The molecule has 1 saturated heterocycles. The number of piperidine rings is 1. The van der Waals surface area contributed by atoms with E-state index in [0.29, 0.717) is 11.5 Å². The van der Waals surface area contributed by atoms with Gasteiger partial charge in [-0.25, -0.2) is 4.98 Å². The number of hydrogen-bond donors (Lipinski definition) is 1. The van der Waals surface area contributed by atoms with Gasteiger partial charge in [0.2, 0.25) is 0 Å². The van der Waals surface area contributed by atoms with E-state index in [4.69, 9.17) is 4.98 Å². The Morgan fingerprint density at radius 2 is 2.14 bits per heavy atom. The second-order valence-corrected chi connectivity index (χ2v) is 7.56. The van der Waals surface area contributed by atoms with Gasteiger partial charge >= 0.3 is 0 Å². The zero-order chi connectivity index (χ0) is 19.1. The van der Waals surface area contributed by atoms with E-state index in [9.17, 15) is 4.79 Å². The number of nitrogens with zero attached hydrogens (tertiary/aromatic N) is 5. The number of aromatic nitrogens is 5. The lowest BCUT2D eigenvalue weighted by molar-refractivity contribution is 0.0672. The Morgan fingerprint density at radius 1 is 1.25 bits per heavy atom. The minimum absolute atomic E-state index is 0.0462.